The predicted molar refractivity (Wildman–Crippen MR) is 132 cm³/mol. The van der Waals surface area contributed by atoms with Crippen LogP contribution in [0.2, 0.25) is 0 Å². The topological polar surface area (TPSA) is 88.2 Å². The van der Waals surface area contributed by atoms with Gasteiger partial charge in [0.15, 0.2) is 0 Å². The standard InChI is InChI=1S/C25H30FN3O3S2/c1-16(18-3-9-21(26)10-4-18)27-25(30)20-5-11-22(12-6-20)29-34(31,32)23-13-7-19(8-14-23)24-15-33-17(2)28-24/h3,7-10,13-16,18,20,22,29H,4-6,11-12H2,1-2H3,(H,27,30)/t16-,18?,20-,22-/m1/s1. The van der Waals surface area contributed by atoms with E-state index in [2.05, 4.69) is 15.0 Å². The van der Waals surface area contributed by atoms with Gasteiger partial charge in [0, 0.05) is 34.9 Å². The Balaban J connectivity index is 1.27. The summed E-state index contributed by atoms with van der Waals surface area (Å²) in [5, 5.41) is 5.98. The third-order valence-electron chi connectivity index (χ3n) is 6.60. The highest BCUT2D eigenvalue weighted by Gasteiger charge is 2.30. The first-order chi connectivity index (χ1) is 16.2. The Morgan fingerprint density at radius 1 is 1.18 bits per heavy atom. The molecule has 0 radical (unpaired) electrons. The highest BCUT2D eigenvalue weighted by atomic mass is 32.2. The smallest absolute Gasteiger partial charge is 0.240 e. The minimum atomic E-state index is -3.64. The highest BCUT2D eigenvalue weighted by molar-refractivity contribution is 7.89. The van der Waals surface area contributed by atoms with Crippen molar-refractivity contribution in [2.45, 2.75) is 62.9 Å². The molecule has 1 saturated carbocycles. The molecule has 1 aromatic carbocycles. The van der Waals surface area contributed by atoms with Crippen LogP contribution in [0.4, 0.5) is 4.39 Å². The molecule has 182 valence electrons. The number of hydrogen-bond acceptors (Lipinski definition) is 5. The molecule has 1 amide bonds. The van der Waals surface area contributed by atoms with Gasteiger partial charge in [0.05, 0.1) is 15.6 Å². The molecule has 2 N–H and O–H groups in total. The molecule has 2 aliphatic carbocycles. The number of rotatable bonds is 7. The predicted octanol–water partition coefficient (Wildman–Crippen LogP) is 4.89. The maximum atomic E-state index is 13.2. The zero-order valence-electron chi connectivity index (χ0n) is 19.3. The summed E-state index contributed by atoms with van der Waals surface area (Å²) < 4.78 is 41.7. The van der Waals surface area contributed by atoms with Crippen molar-refractivity contribution in [3.63, 3.8) is 0 Å². The Morgan fingerprint density at radius 3 is 2.47 bits per heavy atom. The lowest BCUT2D eigenvalue weighted by Gasteiger charge is -2.30. The maximum absolute atomic E-state index is 13.2. The van der Waals surface area contributed by atoms with E-state index in [1.54, 1.807) is 41.7 Å². The fraction of sp³-hybridized carbons (Fsp3) is 0.440. The van der Waals surface area contributed by atoms with E-state index in [4.69, 9.17) is 0 Å². The lowest BCUT2D eigenvalue weighted by atomic mass is 9.85. The summed E-state index contributed by atoms with van der Waals surface area (Å²) in [4.78, 5) is 17.4. The van der Waals surface area contributed by atoms with Crippen LogP contribution in [-0.4, -0.2) is 31.4 Å². The van der Waals surface area contributed by atoms with Crippen LogP contribution in [-0.2, 0) is 14.8 Å². The number of aryl methyl sites for hydroxylation is 1. The molecule has 0 saturated heterocycles. The summed E-state index contributed by atoms with van der Waals surface area (Å²) in [6.45, 7) is 3.87. The van der Waals surface area contributed by atoms with Crippen LogP contribution in [0, 0.1) is 18.8 Å². The van der Waals surface area contributed by atoms with Gasteiger partial charge < -0.3 is 5.32 Å². The number of benzene rings is 1. The summed E-state index contributed by atoms with van der Waals surface area (Å²) in [6, 6.07) is 6.48. The normalized spacial score (nSPS) is 23.9. The van der Waals surface area contributed by atoms with Crippen LogP contribution >= 0.6 is 11.3 Å². The zero-order chi connectivity index (χ0) is 24.3. The van der Waals surface area contributed by atoms with Crippen LogP contribution in [0.5, 0.6) is 0 Å². The Kier molecular flexibility index (Phi) is 7.64. The van der Waals surface area contributed by atoms with Gasteiger partial charge in [-0.25, -0.2) is 22.5 Å². The van der Waals surface area contributed by atoms with Gasteiger partial charge in [0.2, 0.25) is 15.9 Å². The van der Waals surface area contributed by atoms with Crippen LogP contribution in [0.1, 0.15) is 44.0 Å². The second-order valence-electron chi connectivity index (χ2n) is 9.09. The summed E-state index contributed by atoms with van der Waals surface area (Å²) in [5.74, 6) is -0.299. The zero-order valence-corrected chi connectivity index (χ0v) is 21.0. The number of sulfonamides is 1. The van der Waals surface area contributed by atoms with Crippen molar-refractivity contribution in [2.24, 2.45) is 11.8 Å². The first-order valence-electron chi connectivity index (χ1n) is 11.6. The van der Waals surface area contributed by atoms with Crippen molar-refractivity contribution in [3.05, 3.63) is 58.7 Å². The van der Waals surface area contributed by atoms with Gasteiger partial charge in [0.25, 0.3) is 0 Å². The Hall–Kier alpha value is -2.36. The first kappa shape index (κ1) is 24.8. The largest absolute Gasteiger partial charge is 0.353 e. The molecule has 1 aromatic heterocycles. The Labute approximate surface area is 204 Å². The summed E-state index contributed by atoms with van der Waals surface area (Å²) in [5.41, 5.74) is 1.72. The number of halogens is 1. The number of amides is 1. The molecule has 6 nitrogen and oxygen atoms in total. The monoisotopic (exact) mass is 503 g/mol. The lowest BCUT2D eigenvalue weighted by Crippen LogP contribution is -2.44. The molecule has 1 heterocycles. The number of nitrogens with one attached hydrogen (secondary N) is 2. The summed E-state index contributed by atoms with van der Waals surface area (Å²) >= 11 is 1.56. The van der Waals surface area contributed by atoms with Gasteiger partial charge >= 0.3 is 0 Å². The number of hydrogen-bond donors (Lipinski definition) is 2. The third kappa shape index (κ3) is 6.00. The van der Waals surface area contributed by atoms with Crippen molar-refractivity contribution in [1.29, 1.82) is 0 Å². The molecule has 0 spiro atoms. The summed E-state index contributed by atoms with van der Waals surface area (Å²) in [6.07, 6.45) is 7.84. The van der Waals surface area contributed by atoms with Crippen molar-refractivity contribution < 1.29 is 17.6 Å². The quantitative estimate of drug-likeness (QED) is 0.563. The third-order valence-corrected chi connectivity index (χ3v) is 8.91. The molecule has 2 aliphatic rings. The van der Waals surface area contributed by atoms with Gasteiger partial charge in [-0.1, -0.05) is 18.2 Å². The maximum Gasteiger partial charge on any atom is 0.240 e. The van der Waals surface area contributed by atoms with Crippen LogP contribution in [0.15, 0.2) is 58.6 Å². The highest BCUT2D eigenvalue weighted by Crippen LogP contribution is 2.28. The Bertz CT molecular complexity index is 1180. The van der Waals surface area contributed by atoms with E-state index in [-0.39, 0.29) is 40.5 Å². The van der Waals surface area contributed by atoms with Gasteiger partial charge in [-0.15, -0.1) is 11.3 Å². The van der Waals surface area contributed by atoms with E-state index in [0.29, 0.717) is 32.1 Å². The molecular weight excluding hydrogens is 473 g/mol. The molecular formula is C25H30FN3O3S2. The van der Waals surface area contributed by atoms with Gasteiger partial charge in [-0.2, -0.15) is 0 Å². The first-order valence-corrected chi connectivity index (χ1v) is 14.0. The van der Waals surface area contributed by atoms with Crippen molar-refractivity contribution in [2.75, 3.05) is 0 Å². The van der Waals surface area contributed by atoms with Crippen molar-refractivity contribution >= 4 is 27.3 Å². The number of carbonyl (C=O) groups excluding carboxylic acids is 1. The van der Waals surface area contributed by atoms with Crippen molar-refractivity contribution in [1.82, 2.24) is 15.0 Å². The van der Waals surface area contributed by atoms with E-state index in [1.807, 2.05) is 19.2 Å². The van der Waals surface area contributed by atoms with Crippen molar-refractivity contribution in [3.8, 4) is 11.3 Å². The minimum absolute atomic E-state index is 0.00917. The molecule has 0 aliphatic heterocycles. The van der Waals surface area contributed by atoms with Gasteiger partial charge in [-0.3, -0.25) is 4.79 Å². The van der Waals surface area contributed by atoms with E-state index in [9.17, 15) is 17.6 Å². The van der Waals surface area contributed by atoms with E-state index in [1.165, 1.54) is 12.2 Å². The number of thiazole rings is 1. The molecule has 4 rings (SSSR count). The molecule has 0 bridgehead atoms. The van der Waals surface area contributed by atoms with Gasteiger partial charge in [-0.05, 0) is 70.2 Å². The number of aromatic nitrogens is 1. The number of carbonyl (C=O) groups is 1. The fourth-order valence-corrected chi connectivity index (χ4v) is 6.42. The molecule has 34 heavy (non-hydrogen) atoms. The van der Waals surface area contributed by atoms with E-state index < -0.39 is 10.0 Å². The van der Waals surface area contributed by atoms with E-state index in [0.717, 1.165) is 16.3 Å². The minimum Gasteiger partial charge on any atom is -0.353 e. The molecule has 2 atom stereocenters. The average Bonchev–Trinajstić information content (AvgIpc) is 3.26. The van der Waals surface area contributed by atoms with E-state index >= 15 is 0 Å². The molecule has 9 heteroatoms. The Morgan fingerprint density at radius 2 is 1.88 bits per heavy atom. The molecule has 1 unspecified atom stereocenters. The van der Waals surface area contributed by atoms with Gasteiger partial charge in [0.1, 0.15) is 5.83 Å². The van der Waals surface area contributed by atoms with Crippen LogP contribution < -0.4 is 10.0 Å². The number of allylic oxidation sites excluding steroid dienone is 3. The molecule has 2 aromatic rings. The molecule has 1 fully saturated rings. The average molecular weight is 504 g/mol. The summed E-state index contributed by atoms with van der Waals surface area (Å²) in [7, 11) is -3.64. The lowest BCUT2D eigenvalue weighted by molar-refractivity contribution is -0.126. The SMILES string of the molecule is Cc1nc(-c2ccc(S(=O)(=O)N[C@H]3CC[C@H](C(=O)N[C@H](C)C4C=CC(F)=CC4)CC3)cc2)cs1. The van der Waals surface area contributed by atoms with Crippen LogP contribution in [0.25, 0.3) is 11.3 Å². The number of nitrogens with zero attached hydrogens (tertiary/aromatic N) is 1. The second-order valence-corrected chi connectivity index (χ2v) is 11.9. The fourth-order valence-electron chi connectivity index (χ4n) is 4.49. The van der Waals surface area contributed by atoms with Crippen LogP contribution in [0.3, 0.4) is 0 Å². The second kappa shape index (κ2) is 10.5.